The fraction of sp³-hybridized carbons (Fsp3) is 0.750. The van der Waals surface area contributed by atoms with Gasteiger partial charge in [0.2, 0.25) is 0 Å². The van der Waals surface area contributed by atoms with E-state index in [1.54, 1.807) is 0 Å². The van der Waals surface area contributed by atoms with Crippen LogP contribution in [0.2, 0.25) is 0 Å². The minimum absolute atomic E-state index is 0.626. The van der Waals surface area contributed by atoms with Crippen LogP contribution in [0.1, 0.15) is 36.7 Å². The Hall–Kier alpha value is -1.20. The average Bonchev–Trinajstić information content (AvgIpc) is 3.24. The molecule has 2 saturated heterocycles. The van der Waals surface area contributed by atoms with Crippen molar-refractivity contribution < 1.29 is 4.74 Å². The first-order chi connectivity index (χ1) is 10.3. The molecule has 1 atom stereocenters. The van der Waals surface area contributed by atoms with Gasteiger partial charge in [-0.1, -0.05) is 0 Å². The van der Waals surface area contributed by atoms with Crippen LogP contribution in [0.15, 0.2) is 6.07 Å². The quantitative estimate of drug-likeness (QED) is 0.844. The standard InChI is InChI=1S/C16H24N4O/c1-12-10-15(18-16(17-12)13-2-3-13)20-5-4-14(11-20)19-6-8-21-9-7-19/h10,13-14H,2-9,11H2,1H3. The summed E-state index contributed by atoms with van der Waals surface area (Å²) in [5, 5.41) is 0. The van der Waals surface area contributed by atoms with Crippen molar-refractivity contribution in [3.8, 4) is 0 Å². The lowest BCUT2D eigenvalue weighted by Crippen LogP contribution is -2.44. The lowest BCUT2D eigenvalue weighted by Gasteiger charge is -2.32. The fourth-order valence-electron chi connectivity index (χ4n) is 3.45. The van der Waals surface area contributed by atoms with Gasteiger partial charge in [-0.2, -0.15) is 0 Å². The van der Waals surface area contributed by atoms with Gasteiger partial charge in [-0.15, -0.1) is 0 Å². The fourth-order valence-corrected chi connectivity index (χ4v) is 3.45. The molecule has 2 aliphatic heterocycles. The van der Waals surface area contributed by atoms with Crippen molar-refractivity contribution in [2.45, 2.75) is 38.1 Å². The summed E-state index contributed by atoms with van der Waals surface area (Å²) >= 11 is 0. The number of nitrogens with zero attached hydrogens (tertiary/aromatic N) is 4. The summed E-state index contributed by atoms with van der Waals surface area (Å²) in [5.41, 5.74) is 1.11. The predicted octanol–water partition coefficient (Wildman–Crippen LogP) is 1.57. The van der Waals surface area contributed by atoms with E-state index in [2.05, 4.69) is 27.8 Å². The molecule has 1 unspecified atom stereocenters. The van der Waals surface area contributed by atoms with Gasteiger partial charge >= 0.3 is 0 Å². The van der Waals surface area contributed by atoms with Gasteiger partial charge in [0.25, 0.3) is 0 Å². The highest BCUT2D eigenvalue weighted by Crippen LogP contribution is 2.38. The van der Waals surface area contributed by atoms with Gasteiger partial charge in [-0.25, -0.2) is 9.97 Å². The van der Waals surface area contributed by atoms with Crippen molar-refractivity contribution in [2.75, 3.05) is 44.3 Å². The molecule has 4 rings (SSSR count). The first-order valence-corrected chi connectivity index (χ1v) is 8.22. The number of aromatic nitrogens is 2. The van der Waals surface area contributed by atoms with Crippen LogP contribution < -0.4 is 4.90 Å². The largest absolute Gasteiger partial charge is 0.379 e. The van der Waals surface area contributed by atoms with Crippen molar-refractivity contribution in [3.63, 3.8) is 0 Å². The summed E-state index contributed by atoms with van der Waals surface area (Å²) in [6.45, 7) is 8.23. The van der Waals surface area contributed by atoms with Gasteiger partial charge in [-0.05, 0) is 26.2 Å². The molecule has 114 valence electrons. The zero-order valence-corrected chi connectivity index (χ0v) is 12.8. The Bertz CT molecular complexity index is 511. The van der Waals surface area contributed by atoms with Gasteiger partial charge < -0.3 is 9.64 Å². The zero-order valence-electron chi connectivity index (χ0n) is 12.8. The first-order valence-electron chi connectivity index (χ1n) is 8.22. The molecule has 1 saturated carbocycles. The van der Waals surface area contributed by atoms with Crippen LogP contribution in [0.4, 0.5) is 5.82 Å². The molecule has 1 aromatic heterocycles. The van der Waals surface area contributed by atoms with E-state index in [4.69, 9.17) is 9.72 Å². The minimum atomic E-state index is 0.626. The Labute approximate surface area is 126 Å². The number of rotatable bonds is 3. The van der Waals surface area contributed by atoms with Crippen LogP contribution in [-0.4, -0.2) is 60.3 Å². The lowest BCUT2D eigenvalue weighted by atomic mass is 10.2. The Morgan fingerprint density at radius 3 is 2.67 bits per heavy atom. The maximum absolute atomic E-state index is 5.46. The van der Waals surface area contributed by atoms with Crippen LogP contribution in [0.25, 0.3) is 0 Å². The third kappa shape index (κ3) is 2.90. The highest BCUT2D eigenvalue weighted by atomic mass is 16.5. The van der Waals surface area contributed by atoms with Crippen molar-refractivity contribution in [3.05, 3.63) is 17.6 Å². The molecule has 3 fully saturated rings. The van der Waals surface area contributed by atoms with E-state index < -0.39 is 0 Å². The van der Waals surface area contributed by atoms with E-state index in [1.165, 1.54) is 19.3 Å². The molecule has 0 N–H and O–H groups in total. The third-order valence-corrected chi connectivity index (χ3v) is 4.85. The highest BCUT2D eigenvalue weighted by Gasteiger charge is 2.31. The summed E-state index contributed by atoms with van der Waals surface area (Å²) < 4.78 is 5.46. The van der Waals surface area contributed by atoms with Gasteiger partial charge in [0, 0.05) is 49.9 Å². The summed E-state index contributed by atoms with van der Waals surface area (Å²) in [6, 6.07) is 2.81. The van der Waals surface area contributed by atoms with E-state index in [-0.39, 0.29) is 0 Å². The summed E-state index contributed by atoms with van der Waals surface area (Å²) in [4.78, 5) is 14.5. The predicted molar refractivity (Wildman–Crippen MR) is 81.8 cm³/mol. The average molecular weight is 288 g/mol. The van der Waals surface area contributed by atoms with Crippen molar-refractivity contribution in [1.29, 1.82) is 0 Å². The molecule has 0 bridgehead atoms. The lowest BCUT2D eigenvalue weighted by molar-refractivity contribution is 0.0209. The number of hydrogen-bond donors (Lipinski definition) is 0. The third-order valence-electron chi connectivity index (χ3n) is 4.85. The van der Waals surface area contributed by atoms with E-state index in [1.807, 2.05) is 0 Å². The van der Waals surface area contributed by atoms with Crippen LogP contribution >= 0.6 is 0 Å². The molecule has 5 nitrogen and oxygen atoms in total. The second kappa shape index (κ2) is 5.54. The SMILES string of the molecule is Cc1cc(N2CCC(N3CCOCC3)C2)nc(C2CC2)n1. The molecule has 0 amide bonds. The van der Waals surface area contributed by atoms with Gasteiger partial charge in [0.05, 0.1) is 13.2 Å². The molecule has 1 aromatic rings. The van der Waals surface area contributed by atoms with Crippen LogP contribution in [0.5, 0.6) is 0 Å². The smallest absolute Gasteiger partial charge is 0.134 e. The second-order valence-electron chi connectivity index (χ2n) is 6.54. The Morgan fingerprint density at radius 2 is 1.90 bits per heavy atom. The summed E-state index contributed by atoms with van der Waals surface area (Å²) in [7, 11) is 0. The van der Waals surface area contributed by atoms with Crippen molar-refractivity contribution in [2.24, 2.45) is 0 Å². The van der Waals surface area contributed by atoms with Gasteiger partial charge in [0.1, 0.15) is 11.6 Å². The monoisotopic (exact) mass is 288 g/mol. The second-order valence-corrected chi connectivity index (χ2v) is 6.54. The van der Waals surface area contributed by atoms with E-state index in [0.29, 0.717) is 12.0 Å². The summed E-state index contributed by atoms with van der Waals surface area (Å²) in [6.07, 6.45) is 3.76. The molecule has 0 radical (unpaired) electrons. The molecule has 0 spiro atoms. The normalized spacial score (nSPS) is 27.3. The number of anilines is 1. The Morgan fingerprint density at radius 1 is 1.10 bits per heavy atom. The van der Waals surface area contributed by atoms with Crippen LogP contribution in [0.3, 0.4) is 0 Å². The first kappa shape index (κ1) is 13.5. The minimum Gasteiger partial charge on any atom is -0.379 e. The number of aryl methyl sites for hydroxylation is 1. The van der Waals surface area contributed by atoms with Crippen molar-refractivity contribution >= 4 is 5.82 Å². The van der Waals surface area contributed by atoms with Crippen molar-refractivity contribution in [1.82, 2.24) is 14.9 Å². The van der Waals surface area contributed by atoms with Crippen LogP contribution in [-0.2, 0) is 4.74 Å². The number of morpholine rings is 1. The van der Waals surface area contributed by atoms with E-state index in [9.17, 15) is 0 Å². The number of ether oxygens (including phenoxy) is 1. The molecular weight excluding hydrogens is 264 g/mol. The van der Waals surface area contributed by atoms with E-state index in [0.717, 1.165) is 56.7 Å². The zero-order chi connectivity index (χ0) is 14.2. The van der Waals surface area contributed by atoms with Gasteiger partial charge in [0.15, 0.2) is 0 Å². The Kier molecular flexibility index (Phi) is 3.55. The molecule has 21 heavy (non-hydrogen) atoms. The molecule has 0 aromatic carbocycles. The Balaban J connectivity index is 1.47. The molecule has 3 heterocycles. The molecule has 5 heteroatoms. The topological polar surface area (TPSA) is 41.5 Å². The van der Waals surface area contributed by atoms with E-state index >= 15 is 0 Å². The summed E-state index contributed by atoms with van der Waals surface area (Å²) in [5.74, 6) is 2.83. The van der Waals surface area contributed by atoms with Crippen LogP contribution in [0, 0.1) is 6.92 Å². The van der Waals surface area contributed by atoms with Gasteiger partial charge in [-0.3, -0.25) is 4.90 Å². The maximum Gasteiger partial charge on any atom is 0.134 e. The molecular formula is C16H24N4O. The number of hydrogen-bond acceptors (Lipinski definition) is 5. The molecule has 3 aliphatic rings. The maximum atomic E-state index is 5.46. The highest BCUT2D eigenvalue weighted by molar-refractivity contribution is 5.42. The molecule has 1 aliphatic carbocycles.